The molecule has 0 unspecified atom stereocenters. The van der Waals surface area contributed by atoms with Gasteiger partial charge in [-0.1, -0.05) is 23.7 Å². The van der Waals surface area contributed by atoms with E-state index in [1.807, 2.05) is 6.92 Å². The summed E-state index contributed by atoms with van der Waals surface area (Å²) in [5, 5.41) is 7.06. The molecule has 0 bridgehead atoms. The quantitative estimate of drug-likeness (QED) is 0.718. The Bertz CT molecular complexity index is 932. The SMILES string of the molecule is Cc1c(Cl)cccc1NC(=O)CCNc1ncnc2c(F)cccc12. The molecular weight excluding hydrogens is 343 g/mol. The number of nitrogens with zero attached hydrogens (tertiary/aromatic N) is 2. The van der Waals surface area contributed by atoms with Crippen molar-refractivity contribution >= 4 is 39.9 Å². The van der Waals surface area contributed by atoms with Gasteiger partial charge in [0, 0.05) is 29.1 Å². The lowest BCUT2D eigenvalue weighted by Gasteiger charge is -2.11. The fraction of sp³-hybridized carbons (Fsp3) is 0.167. The van der Waals surface area contributed by atoms with Crippen LogP contribution in [0.4, 0.5) is 15.9 Å². The zero-order valence-electron chi connectivity index (χ0n) is 13.5. The number of benzene rings is 2. The van der Waals surface area contributed by atoms with Crippen LogP contribution < -0.4 is 10.6 Å². The monoisotopic (exact) mass is 358 g/mol. The van der Waals surface area contributed by atoms with E-state index in [1.165, 1.54) is 12.4 Å². The van der Waals surface area contributed by atoms with E-state index in [0.717, 1.165) is 5.56 Å². The van der Waals surface area contributed by atoms with Crippen LogP contribution >= 0.6 is 11.6 Å². The van der Waals surface area contributed by atoms with Gasteiger partial charge in [0.05, 0.1) is 0 Å². The van der Waals surface area contributed by atoms with Crippen molar-refractivity contribution in [1.82, 2.24) is 9.97 Å². The first-order valence-corrected chi connectivity index (χ1v) is 8.12. The summed E-state index contributed by atoms with van der Waals surface area (Å²) in [4.78, 5) is 20.2. The lowest BCUT2D eigenvalue weighted by molar-refractivity contribution is -0.115. The molecule has 0 spiro atoms. The Morgan fingerprint density at radius 2 is 2.00 bits per heavy atom. The molecule has 7 heteroatoms. The van der Waals surface area contributed by atoms with Crippen LogP contribution in [-0.4, -0.2) is 22.4 Å². The predicted octanol–water partition coefficient (Wildman–Crippen LogP) is 4.17. The van der Waals surface area contributed by atoms with Gasteiger partial charge in [-0.15, -0.1) is 0 Å². The number of amides is 1. The van der Waals surface area contributed by atoms with Crippen LogP contribution in [0.5, 0.6) is 0 Å². The second-order valence-corrected chi connectivity index (χ2v) is 5.90. The second-order valence-electron chi connectivity index (χ2n) is 5.50. The van der Waals surface area contributed by atoms with Crippen LogP contribution in [0.15, 0.2) is 42.7 Å². The van der Waals surface area contributed by atoms with Crippen LogP contribution in [-0.2, 0) is 4.79 Å². The number of carbonyl (C=O) groups is 1. The Balaban J connectivity index is 1.62. The maximum absolute atomic E-state index is 13.7. The highest BCUT2D eigenvalue weighted by molar-refractivity contribution is 6.31. The van der Waals surface area contributed by atoms with Crippen molar-refractivity contribution < 1.29 is 9.18 Å². The van der Waals surface area contributed by atoms with E-state index >= 15 is 0 Å². The molecule has 3 rings (SSSR count). The van der Waals surface area contributed by atoms with Crippen molar-refractivity contribution in [2.24, 2.45) is 0 Å². The van der Waals surface area contributed by atoms with Gasteiger partial charge in [0.2, 0.25) is 5.91 Å². The van der Waals surface area contributed by atoms with Crippen molar-refractivity contribution in [2.45, 2.75) is 13.3 Å². The van der Waals surface area contributed by atoms with Crippen LogP contribution in [0.2, 0.25) is 5.02 Å². The summed E-state index contributed by atoms with van der Waals surface area (Å²) < 4.78 is 13.7. The standard InChI is InChI=1S/C18H16ClFN4O/c1-11-13(19)5-3-7-15(11)24-16(25)8-9-21-18-12-4-2-6-14(20)17(12)22-10-23-18/h2-7,10H,8-9H2,1H3,(H,24,25)(H,21,22,23). The number of rotatable bonds is 5. The van der Waals surface area contributed by atoms with Gasteiger partial charge >= 0.3 is 0 Å². The number of para-hydroxylation sites is 1. The third-order valence-corrected chi connectivity index (χ3v) is 4.21. The Morgan fingerprint density at radius 1 is 1.20 bits per heavy atom. The van der Waals surface area contributed by atoms with Crippen molar-refractivity contribution in [3.05, 3.63) is 59.1 Å². The summed E-state index contributed by atoms with van der Waals surface area (Å²) >= 11 is 6.04. The Kier molecular flexibility index (Phi) is 5.09. The van der Waals surface area contributed by atoms with Crippen LogP contribution in [0.1, 0.15) is 12.0 Å². The number of halogens is 2. The predicted molar refractivity (Wildman–Crippen MR) is 97.4 cm³/mol. The number of anilines is 2. The minimum absolute atomic E-state index is 0.151. The summed E-state index contributed by atoms with van der Waals surface area (Å²) in [5.74, 6) is -0.0595. The first-order valence-electron chi connectivity index (χ1n) is 7.74. The van der Waals surface area contributed by atoms with Crippen LogP contribution in [0, 0.1) is 12.7 Å². The summed E-state index contributed by atoms with van der Waals surface area (Å²) in [6.45, 7) is 2.20. The molecule has 1 aromatic heterocycles. The van der Waals surface area contributed by atoms with Gasteiger partial charge in [-0.25, -0.2) is 14.4 Å². The Morgan fingerprint density at radius 3 is 2.84 bits per heavy atom. The highest BCUT2D eigenvalue weighted by atomic mass is 35.5. The minimum Gasteiger partial charge on any atom is -0.369 e. The van der Waals surface area contributed by atoms with E-state index < -0.39 is 5.82 Å². The number of hydrogen-bond donors (Lipinski definition) is 2. The van der Waals surface area contributed by atoms with Gasteiger partial charge in [0.15, 0.2) is 0 Å². The fourth-order valence-electron chi connectivity index (χ4n) is 2.44. The van der Waals surface area contributed by atoms with Crippen molar-refractivity contribution in [1.29, 1.82) is 0 Å². The van der Waals surface area contributed by atoms with Crippen LogP contribution in [0.25, 0.3) is 10.9 Å². The molecule has 1 heterocycles. The first kappa shape index (κ1) is 17.1. The third-order valence-electron chi connectivity index (χ3n) is 3.80. The number of hydrogen-bond acceptors (Lipinski definition) is 4. The van der Waals surface area contributed by atoms with Gasteiger partial charge in [0.1, 0.15) is 23.5 Å². The van der Waals surface area contributed by atoms with E-state index in [1.54, 1.807) is 30.3 Å². The molecular formula is C18H16ClFN4O. The molecule has 128 valence electrons. The van der Waals surface area contributed by atoms with E-state index in [9.17, 15) is 9.18 Å². The highest BCUT2D eigenvalue weighted by Crippen LogP contribution is 2.23. The molecule has 2 aromatic carbocycles. The Hall–Kier alpha value is -2.73. The molecule has 0 aliphatic heterocycles. The highest BCUT2D eigenvalue weighted by Gasteiger charge is 2.09. The molecule has 3 aromatic rings. The molecule has 0 aliphatic rings. The second kappa shape index (κ2) is 7.44. The number of fused-ring (bicyclic) bond motifs is 1. The normalized spacial score (nSPS) is 10.7. The molecule has 0 saturated heterocycles. The molecule has 1 amide bonds. The Labute approximate surface area is 149 Å². The fourth-order valence-corrected chi connectivity index (χ4v) is 2.62. The van der Waals surface area contributed by atoms with E-state index in [2.05, 4.69) is 20.6 Å². The summed E-state index contributed by atoms with van der Waals surface area (Å²) in [7, 11) is 0. The maximum atomic E-state index is 13.7. The smallest absolute Gasteiger partial charge is 0.226 e. The molecule has 0 aliphatic carbocycles. The lowest BCUT2D eigenvalue weighted by atomic mass is 10.2. The zero-order chi connectivity index (χ0) is 17.8. The lowest BCUT2D eigenvalue weighted by Crippen LogP contribution is -2.17. The van der Waals surface area contributed by atoms with Crippen LogP contribution in [0.3, 0.4) is 0 Å². The van der Waals surface area contributed by atoms with E-state index in [-0.39, 0.29) is 17.8 Å². The average molecular weight is 359 g/mol. The zero-order valence-corrected chi connectivity index (χ0v) is 14.3. The average Bonchev–Trinajstić information content (AvgIpc) is 2.60. The van der Waals surface area contributed by atoms with Gasteiger partial charge in [-0.05, 0) is 36.8 Å². The molecule has 0 atom stereocenters. The van der Waals surface area contributed by atoms with E-state index in [0.29, 0.717) is 28.5 Å². The van der Waals surface area contributed by atoms with Gasteiger partial charge < -0.3 is 10.6 Å². The third kappa shape index (κ3) is 3.85. The van der Waals surface area contributed by atoms with Crippen molar-refractivity contribution in [3.63, 3.8) is 0 Å². The number of nitrogens with one attached hydrogen (secondary N) is 2. The topological polar surface area (TPSA) is 66.9 Å². The molecule has 5 nitrogen and oxygen atoms in total. The maximum Gasteiger partial charge on any atom is 0.226 e. The molecule has 2 N–H and O–H groups in total. The number of aromatic nitrogens is 2. The van der Waals surface area contributed by atoms with Crippen molar-refractivity contribution in [3.8, 4) is 0 Å². The summed E-state index contributed by atoms with van der Waals surface area (Å²) in [6, 6.07) is 10.0. The molecule has 0 saturated carbocycles. The van der Waals surface area contributed by atoms with Gasteiger partial charge in [-0.3, -0.25) is 4.79 Å². The molecule has 0 fully saturated rings. The summed E-state index contributed by atoms with van der Waals surface area (Å²) in [5.41, 5.74) is 1.76. The summed E-state index contributed by atoms with van der Waals surface area (Å²) in [6.07, 6.45) is 1.52. The largest absolute Gasteiger partial charge is 0.369 e. The molecule has 25 heavy (non-hydrogen) atoms. The van der Waals surface area contributed by atoms with Gasteiger partial charge in [-0.2, -0.15) is 0 Å². The van der Waals surface area contributed by atoms with Crippen molar-refractivity contribution in [2.75, 3.05) is 17.2 Å². The van der Waals surface area contributed by atoms with Gasteiger partial charge in [0.25, 0.3) is 0 Å². The minimum atomic E-state index is -0.405. The molecule has 0 radical (unpaired) electrons. The first-order chi connectivity index (χ1) is 12.1. The number of carbonyl (C=O) groups excluding carboxylic acids is 1. The van der Waals surface area contributed by atoms with E-state index in [4.69, 9.17) is 11.6 Å².